The maximum Gasteiger partial charge on any atom is 0.289 e. The van der Waals surface area contributed by atoms with Gasteiger partial charge in [0, 0.05) is 30.1 Å². The Morgan fingerprint density at radius 2 is 1.88 bits per heavy atom. The van der Waals surface area contributed by atoms with Gasteiger partial charge in [-0.1, -0.05) is 18.2 Å². The Balaban J connectivity index is 1.63. The van der Waals surface area contributed by atoms with Crippen molar-refractivity contribution < 1.29 is 9.21 Å². The van der Waals surface area contributed by atoms with E-state index in [0.29, 0.717) is 11.8 Å². The Bertz CT molecular complexity index is 686. The first-order valence-corrected chi connectivity index (χ1v) is 9.31. The fourth-order valence-electron chi connectivity index (χ4n) is 2.97. The van der Waals surface area contributed by atoms with Gasteiger partial charge < -0.3 is 9.32 Å². The lowest BCUT2D eigenvalue weighted by atomic mass is 10.1. The molecule has 0 N–H and O–H groups in total. The number of thioether (sulfide) groups is 1. The molecule has 3 rings (SSSR count). The van der Waals surface area contributed by atoms with Crippen LogP contribution < -0.4 is 0 Å². The van der Waals surface area contributed by atoms with Crippen LogP contribution in [0.2, 0.25) is 0 Å². The largest absolute Gasteiger partial charge is 0.455 e. The van der Waals surface area contributed by atoms with Crippen LogP contribution in [0, 0.1) is 0 Å². The van der Waals surface area contributed by atoms with Crippen molar-refractivity contribution in [1.29, 1.82) is 0 Å². The minimum absolute atomic E-state index is 0.00147. The predicted octanol–water partition coefficient (Wildman–Crippen LogP) is 3.74. The second kappa shape index (κ2) is 7.45. The molecule has 4 nitrogen and oxygen atoms in total. The van der Waals surface area contributed by atoms with Gasteiger partial charge >= 0.3 is 0 Å². The van der Waals surface area contributed by atoms with Gasteiger partial charge in [-0.25, -0.2) is 0 Å². The van der Waals surface area contributed by atoms with E-state index in [1.165, 1.54) is 4.90 Å². The standard InChI is InChI=1S/C19H24N2O2S/c1-14-12-21(15(2)11-20(14)3)19(22)18-10-9-16(23-18)13-24-17-7-5-4-6-8-17/h4-10,14-15H,11-13H2,1-3H3. The van der Waals surface area contributed by atoms with Gasteiger partial charge in [-0.15, -0.1) is 11.8 Å². The van der Waals surface area contributed by atoms with Crippen LogP contribution in [0.15, 0.2) is 51.8 Å². The second-order valence-corrected chi connectivity index (χ2v) is 7.51. The molecule has 2 atom stereocenters. The molecular formula is C19H24N2O2S. The van der Waals surface area contributed by atoms with Gasteiger partial charge in [0.2, 0.25) is 0 Å². The molecule has 0 radical (unpaired) electrons. The van der Waals surface area contributed by atoms with Crippen LogP contribution in [0.25, 0.3) is 0 Å². The minimum atomic E-state index is -0.00147. The van der Waals surface area contributed by atoms with Gasteiger partial charge in [-0.2, -0.15) is 0 Å². The van der Waals surface area contributed by atoms with Crippen molar-refractivity contribution in [3.63, 3.8) is 0 Å². The second-order valence-electron chi connectivity index (χ2n) is 6.46. The number of furan rings is 1. The number of rotatable bonds is 4. The molecule has 1 aliphatic heterocycles. The van der Waals surface area contributed by atoms with Crippen LogP contribution in [-0.4, -0.2) is 47.9 Å². The van der Waals surface area contributed by atoms with Crippen molar-refractivity contribution in [3.05, 3.63) is 54.0 Å². The highest BCUT2D eigenvalue weighted by Crippen LogP contribution is 2.24. The monoisotopic (exact) mass is 344 g/mol. The van der Waals surface area contributed by atoms with E-state index in [2.05, 4.69) is 37.9 Å². The molecule has 1 aliphatic rings. The summed E-state index contributed by atoms with van der Waals surface area (Å²) in [6, 6.07) is 14.5. The minimum Gasteiger partial charge on any atom is -0.455 e. The first kappa shape index (κ1) is 17.1. The Hall–Kier alpha value is -1.72. The maximum absolute atomic E-state index is 12.8. The summed E-state index contributed by atoms with van der Waals surface area (Å²) in [6.45, 7) is 5.88. The summed E-state index contributed by atoms with van der Waals surface area (Å²) < 4.78 is 5.81. The molecule has 0 bridgehead atoms. The SMILES string of the molecule is CC1CN(C(=O)c2ccc(CSc3ccccc3)o2)C(C)CN1C. The van der Waals surface area contributed by atoms with E-state index in [1.807, 2.05) is 29.2 Å². The van der Waals surface area contributed by atoms with Crippen LogP contribution in [0.5, 0.6) is 0 Å². The Labute approximate surface area is 147 Å². The highest BCUT2D eigenvalue weighted by atomic mass is 32.2. The van der Waals surface area contributed by atoms with E-state index in [-0.39, 0.29) is 11.9 Å². The zero-order valence-electron chi connectivity index (χ0n) is 14.4. The average molecular weight is 344 g/mol. The van der Waals surface area contributed by atoms with Crippen LogP contribution in [0.1, 0.15) is 30.2 Å². The topological polar surface area (TPSA) is 36.7 Å². The molecule has 0 aliphatic carbocycles. The number of piperazine rings is 1. The van der Waals surface area contributed by atoms with Crippen molar-refractivity contribution >= 4 is 17.7 Å². The Morgan fingerprint density at radius 3 is 2.62 bits per heavy atom. The number of carbonyl (C=O) groups excluding carboxylic acids is 1. The number of amides is 1. The molecule has 0 saturated carbocycles. The van der Waals surface area contributed by atoms with E-state index >= 15 is 0 Å². The van der Waals surface area contributed by atoms with Crippen LogP contribution in [-0.2, 0) is 5.75 Å². The molecular weight excluding hydrogens is 320 g/mol. The highest BCUT2D eigenvalue weighted by molar-refractivity contribution is 7.98. The third kappa shape index (κ3) is 3.84. The molecule has 0 spiro atoms. The van der Waals surface area contributed by atoms with E-state index < -0.39 is 0 Å². The predicted molar refractivity (Wildman–Crippen MR) is 97.3 cm³/mol. The number of nitrogens with zero attached hydrogens (tertiary/aromatic N) is 2. The van der Waals surface area contributed by atoms with Gasteiger partial charge in [0.05, 0.1) is 5.75 Å². The summed E-state index contributed by atoms with van der Waals surface area (Å²) in [6.07, 6.45) is 0. The summed E-state index contributed by atoms with van der Waals surface area (Å²) in [7, 11) is 2.11. The molecule has 1 fully saturated rings. The fraction of sp³-hybridized carbons (Fsp3) is 0.421. The van der Waals surface area contributed by atoms with Crippen molar-refractivity contribution in [1.82, 2.24) is 9.80 Å². The Morgan fingerprint density at radius 1 is 1.12 bits per heavy atom. The average Bonchev–Trinajstić information content (AvgIpc) is 3.06. The van der Waals surface area contributed by atoms with Crippen molar-refractivity contribution in [2.24, 2.45) is 0 Å². The van der Waals surface area contributed by atoms with E-state index in [1.54, 1.807) is 17.8 Å². The lowest BCUT2D eigenvalue weighted by molar-refractivity contribution is 0.0369. The first-order chi connectivity index (χ1) is 11.5. The number of hydrogen-bond acceptors (Lipinski definition) is 4. The lowest BCUT2D eigenvalue weighted by Crippen LogP contribution is -2.56. The number of carbonyl (C=O) groups is 1. The summed E-state index contributed by atoms with van der Waals surface area (Å²) in [4.78, 5) is 18.2. The molecule has 1 amide bonds. The van der Waals surface area contributed by atoms with Crippen LogP contribution in [0.4, 0.5) is 0 Å². The molecule has 1 aromatic carbocycles. The molecule has 1 aromatic heterocycles. The first-order valence-electron chi connectivity index (χ1n) is 8.32. The quantitative estimate of drug-likeness (QED) is 0.792. The zero-order valence-corrected chi connectivity index (χ0v) is 15.3. The third-order valence-corrected chi connectivity index (χ3v) is 5.59. The molecule has 2 heterocycles. The van der Waals surface area contributed by atoms with E-state index in [9.17, 15) is 4.79 Å². The number of benzene rings is 1. The van der Waals surface area contributed by atoms with Gasteiger partial charge in [0.15, 0.2) is 5.76 Å². The highest BCUT2D eigenvalue weighted by Gasteiger charge is 2.31. The van der Waals surface area contributed by atoms with Gasteiger partial charge in [0.1, 0.15) is 5.76 Å². The van der Waals surface area contributed by atoms with Gasteiger partial charge in [-0.05, 0) is 45.2 Å². The smallest absolute Gasteiger partial charge is 0.289 e. The molecule has 2 aromatic rings. The molecule has 2 unspecified atom stereocenters. The Kier molecular flexibility index (Phi) is 5.31. The molecule has 5 heteroatoms. The summed E-state index contributed by atoms with van der Waals surface area (Å²) >= 11 is 1.71. The lowest BCUT2D eigenvalue weighted by Gasteiger charge is -2.42. The van der Waals surface area contributed by atoms with Crippen molar-refractivity contribution in [2.75, 3.05) is 20.1 Å². The number of hydrogen-bond donors (Lipinski definition) is 0. The maximum atomic E-state index is 12.8. The molecule has 1 saturated heterocycles. The summed E-state index contributed by atoms with van der Waals surface area (Å²) in [5.74, 6) is 2.01. The zero-order chi connectivity index (χ0) is 17.1. The number of likely N-dealkylation sites (N-methyl/N-ethyl adjacent to an activating group) is 1. The van der Waals surface area contributed by atoms with E-state index in [0.717, 1.165) is 24.6 Å². The van der Waals surface area contributed by atoms with Crippen LogP contribution >= 0.6 is 11.8 Å². The van der Waals surface area contributed by atoms with Crippen LogP contribution in [0.3, 0.4) is 0 Å². The molecule has 24 heavy (non-hydrogen) atoms. The van der Waals surface area contributed by atoms with Crippen molar-refractivity contribution in [2.45, 2.75) is 36.6 Å². The molecule has 128 valence electrons. The van der Waals surface area contributed by atoms with Crippen molar-refractivity contribution in [3.8, 4) is 0 Å². The summed E-state index contributed by atoms with van der Waals surface area (Å²) in [5, 5.41) is 0. The summed E-state index contributed by atoms with van der Waals surface area (Å²) in [5.41, 5.74) is 0. The fourth-order valence-corrected chi connectivity index (χ4v) is 3.78. The normalized spacial score (nSPS) is 21.9. The van der Waals surface area contributed by atoms with Gasteiger partial charge in [0.25, 0.3) is 5.91 Å². The van der Waals surface area contributed by atoms with Gasteiger partial charge in [-0.3, -0.25) is 9.69 Å². The van der Waals surface area contributed by atoms with E-state index in [4.69, 9.17) is 4.42 Å². The third-order valence-electron chi connectivity index (χ3n) is 4.56.